The predicted molar refractivity (Wildman–Crippen MR) is 94.1 cm³/mol. The van der Waals surface area contributed by atoms with Crippen molar-refractivity contribution in [1.82, 2.24) is 10.6 Å². The second kappa shape index (κ2) is 8.70. The first-order valence-corrected chi connectivity index (χ1v) is 9.03. The van der Waals surface area contributed by atoms with E-state index in [-0.39, 0.29) is 0 Å². The Morgan fingerprint density at radius 3 is 2.77 bits per heavy atom. The molecule has 1 aliphatic carbocycles. The molecule has 5 heteroatoms. The van der Waals surface area contributed by atoms with Crippen LogP contribution in [0.1, 0.15) is 36.8 Å². The molecule has 1 aliphatic rings. The van der Waals surface area contributed by atoms with Gasteiger partial charge in [0.05, 0.1) is 11.6 Å². The summed E-state index contributed by atoms with van der Waals surface area (Å²) in [5.41, 5.74) is 1.84. The van der Waals surface area contributed by atoms with Crippen molar-refractivity contribution in [2.45, 2.75) is 43.5 Å². The Balaban J connectivity index is 1.83. The van der Waals surface area contributed by atoms with E-state index in [1.165, 1.54) is 25.7 Å². The van der Waals surface area contributed by atoms with E-state index in [0.29, 0.717) is 18.2 Å². The SMILES string of the molecule is CN=C(NCc1ccc(C#N)cc1)NC1CCCC(SC)C1. The highest BCUT2D eigenvalue weighted by Gasteiger charge is 2.21. The van der Waals surface area contributed by atoms with Gasteiger partial charge in [-0.25, -0.2) is 0 Å². The molecule has 0 heterocycles. The van der Waals surface area contributed by atoms with Gasteiger partial charge >= 0.3 is 0 Å². The van der Waals surface area contributed by atoms with E-state index in [4.69, 9.17) is 5.26 Å². The smallest absolute Gasteiger partial charge is 0.191 e. The monoisotopic (exact) mass is 316 g/mol. The van der Waals surface area contributed by atoms with Crippen LogP contribution in [0.4, 0.5) is 0 Å². The molecule has 2 rings (SSSR count). The van der Waals surface area contributed by atoms with Gasteiger partial charge in [-0.1, -0.05) is 18.6 Å². The summed E-state index contributed by atoms with van der Waals surface area (Å²) in [5.74, 6) is 0.858. The van der Waals surface area contributed by atoms with Crippen molar-refractivity contribution in [2.24, 2.45) is 4.99 Å². The van der Waals surface area contributed by atoms with Crippen LogP contribution in [0.2, 0.25) is 0 Å². The van der Waals surface area contributed by atoms with Crippen LogP contribution in [0.25, 0.3) is 0 Å². The molecule has 2 atom stereocenters. The van der Waals surface area contributed by atoms with E-state index in [1.54, 1.807) is 0 Å². The van der Waals surface area contributed by atoms with Gasteiger partial charge in [0.2, 0.25) is 0 Å². The Morgan fingerprint density at radius 1 is 1.36 bits per heavy atom. The van der Waals surface area contributed by atoms with Gasteiger partial charge in [0.15, 0.2) is 5.96 Å². The van der Waals surface area contributed by atoms with Gasteiger partial charge in [0.25, 0.3) is 0 Å². The Kier molecular flexibility index (Phi) is 6.60. The van der Waals surface area contributed by atoms with E-state index < -0.39 is 0 Å². The zero-order valence-electron chi connectivity index (χ0n) is 13.3. The number of nitrogens with zero attached hydrogens (tertiary/aromatic N) is 2. The minimum atomic E-state index is 0.512. The van der Waals surface area contributed by atoms with Crippen LogP contribution in [0, 0.1) is 11.3 Å². The molecule has 4 nitrogen and oxygen atoms in total. The summed E-state index contributed by atoms with van der Waals surface area (Å²) in [6.45, 7) is 0.712. The first-order valence-electron chi connectivity index (χ1n) is 7.74. The number of aliphatic imine (C=N–C) groups is 1. The van der Waals surface area contributed by atoms with Crippen molar-refractivity contribution in [2.75, 3.05) is 13.3 Å². The number of benzene rings is 1. The van der Waals surface area contributed by atoms with Crippen LogP contribution >= 0.6 is 11.8 Å². The number of guanidine groups is 1. The summed E-state index contributed by atoms with van der Waals surface area (Å²) < 4.78 is 0. The summed E-state index contributed by atoms with van der Waals surface area (Å²) in [5, 5.41) is 16.5. The third-order valence-electron chi connectivity index (χ3n) is 4.07. The van der Waals surface area contributed by atoms with Gasteiger partial charge in [-0.2, -0.15) is 17.0 Å². The van der Waals surface area contributed by atoms with Gasteiger partial charge < -0.3 is 10.6 Å². The van der Waals surface area contributed by atoms with Crippen molar-refractivity contribution in [1.29, 1.82) is 5.26 Å². The molecule has 1 fully saturated rings. The fraction of sp³-hybridized carbons (Fsp3) is 0.529. The lowest BCUT2D eigenvalue weighted by atomic mass is 9.95. The highest BCUT2D eigenvalue weighted by Crippen LogP contribution is 2.26. The molecular formula is C17H24N4S. The topological polar surface area (TPSA) is 60.2 Å². The first kappa shape index (κ1) is 16.7. The van der Waals surface area contributed by atoms with Gasteiger partial charge in [-0.3, -0.25) is 4.99 Å². The normalized spacial score (nSPS) is 22.0. The fourth-order valence-corrected chi connectivity index (χ4v) is 3.59. The van der Waals surface area contributed by atoms with Gasteiger partial charge in [0, 0.05) is 24.9 Å². The maximum absolute atomic E-state index is 8.81. The molecule has 2 N–H and O–H groups in total. The molecule has 118 valence electrons. The minimum Gasteiger partial charge on any atom is -0.354 e. The van der Waals surface area contributed by atoms with Gasteiger partial charge in [0.1, 0.15) is 0 Å². The van der Waals surface area contributed by atoms with E-state index in [9.17, 15) is 0 Å². The fourth-order valence-electron chi connectivity index (χ4n) is 2.76. The van der Waals surface area contributed by atoms with E-state index >= 15 is 0 Å². The molecule has 1 aromatic carbocycles. The van der Waals surface area contributed by atoms with Crippen LogP contribution in [0.15, 0.2) is 29.3 Å². The molecular weight excluding hydrogens is 292 g/mol. The first-order chi connectivity index (χ1) is 10.7. The van der Waals surface area contributed by atoms with Crippen molar-refractivity contribution >= 4 is 17.7 Å². The molecule has 0 aliphatic heterocycles. The Morgan fingerprint density at radius 2 is 2.14 bits per heavy atom. The maximum atomic E-state index is 8.81. The summed E-state index contributed by atoms with van der Waals surface area (Å²) in [6.07, 6.45) is 7.24. The molecule has 1 aromatic rings. The maximum Gasteiger partial charge on any atom is 0.191 e. The second-order valence-electron chi connectivity index (χ2n) is 5.60. The minimum absolute atomic E-state index is 0.512. The number of hydrogen-bond acceptors (Lipinski definition) is 3. The summed E-state index contributed by atoms with van der Waals surface area (Å²) in [6, 6.07) is 10.3. The van der Waals surface area contributed by atoms with Crippen LogP contribution in [0.3, 0.4) is 0 Å². The molecule has 1 saturated carbocycles. The number of rotatable bonds is 4. The number of thioether (sulfide) groups is 1. The zero-order chi connectivity index (χ0) is 15.8. The highest BCUT2D eigenvalue weighted by atomic mass is 32.2. The molecule has 0 bridgehead atoms. The number of nitriles is 1. The van der Waals surface area contributed by atoms with Crippen LogP contribution in [-0.4, -0.2) is 30.6 Å². The van der Waals surface area contributed by atoms with E-state index in [0.717, 1.165) is 16.8 Å². The van der Waals surface area contributed by atoms with Crippen molar-refractivity contribution < 1.29 is 0 Å². The Bertz CT molecular complexity index is 533. The molecule has 0 radical (unpaired) electrons. The quantitative estimate of drug-likeness (QED) is 0.662. The summed E-state index contributed by atoms with van der Waals surface area (Å²) >= 11 is 1.97. The third-order valence-corrected chi connectivity index (χ3v) is 5.16. The van der Waals surface area contributed by atoms with Crippen LogP contribution in [0.5, 0.6) is 0 Å². The van der Waals surface area contributed by atoms with Crippen molar-refractivity contribution in [3.05, 3.63) is 35.4 Å². The molecule has 0 spiro atoms. The highest BCUT2D eigenvalue weighted by molar-refractivity contribution is 7.99. The van der Waals surface area contributed by atoms with E-state index in [2.05, 4.69) is 28.0 Å². The molecule has 22 heavy (non-hydrogen) atoms. The lowest BCUT2D eigenvalue weighted by molar-refractivity contribution is 0.419. The van der Waals surface area contributed by atoms with Crippen molar-refractivity contribution in [3.8, 4) is 6.07 Å². The average molecular weight is 316 g/mol. The lowest BCUT2D eigenvalue weighted by Gasteiger charge is -2.29. The third kappa shape index (κ3) is 4.96. The average Bonchev–Trinajstić information content (AvgIpc) is 2.59. The second-order valence-corrected chi connectivity index (χ2v) is 6.74. The van der Waals surface area contributed by atoms with E-state index in [1.807, 2.05) is 43.1 Å². The molecule has 0 saturated heterocycles. The number of nitrogens with one attached hydrogen (secondary N) is 2. The Labute approximate surface area is 137 Å². The largest absolute Gasteiger partial charge is 0.354 e. The van der Waals surface area contributed by atoms with Crippen LogP contribution < -0.4 is 10.6 Å². The molecule has 0 amide bonds. The predicted octanol–water partition coefficient (Wildman–Crippen LogP) is 2.90. The molecule has 2 unspecified atom stereocenters. The van der Waals surface area contributed by atoms with Gasteiger partial charge in [-0.15, -0.1) is 0 Å². The lowest BCUT2D eigenvalue weighted by Crippen LogP contribution is -2.45. The molecule has 0 aromatic heterocycles. The standard InChI is InChI=1S/C17H24N4S/c1-19-17(21-15-4-3-5-16(10-15)22-2)20-12-14-8-6-13(11-18)7-9-14/h6-9,15-16H,3-5,10,12H2,1-2H3,(H2,19,20,21). The number of hydrogen-bond donors (Lipinski definition) is 2. The summed E-state index contributed by atoms with van der Waals surface area (Å²) in [7, 11) is 1.81. The summed E-state index contributed by atoms with van der Waals surface area (Å²) in [4.78, 5) is 4.32. The van der Waals surface area contributed by atoms with Crippen molar-refractivity contribution in [3.63, 3.8) is 0 Å². The van der Waals surface area contributed by atoms with Gasteiger partial charge in [-0.05, 0) is 43.2 Å². The van der Waals surface area contributed by atoms with Crippen LogP contribution in [-0.2, 0) is 6.54 Å². The Hall–Kier alpha value is -1.67. The zero-order valence-corrected chi connectivity index (χ0v) is 14.1.